The average Bonchev–Trinajstić information content (AvgIpc) is 2.44. The largest absolute Gasteiger partial charge is 0.488 e. The van der Waals surface area contributed by atoms with Crippen molar-refractivity contribution in [3.8, 4) is 5.75 Å². The Kier molecular flexibility index (Phi) is 4.72. The second-order valence-corrected chi connectivity index (χ2v) is 4.63. The highest BCUT2D eigenvalue weighted by Crippen LogP contribution is 2.26. The highest BCUT2D eigenvalue weighted by Gasteiger charge is 2.08. The van der Waals surface area contributed by atoms with Gasteiger partial charge in [-0.1, -0.05) is 23.8 Å². The summed E-state index contributed by atoms with van der Waals surface area (Å²) in [6.45, 7) is 4.11. The Morgan fingerprint density at radius 1 is 1.38 bits per heavy atom. The van der Waals surface area contributed by atoms with Gasteiger partial charge in [0.05, 0.1) is 11.5 Å². The van der Waals surface area contributed by atoms with Gasteiger partial charge in [-0.3, -0.25) is 4.79 Å². The molecular weight excluding hydrogens is 268 g/mol. The van der Waals surface area contributed by atoms with Crippen LogP contribution in [0.15, 0.2) is 57.3 Å². The summed E-state index contributed by atoms with van der Waals surface area (Å²) in [5.74, 6) is 0.503. The first-order valence-electron chi connectivity index (χ1n) is 6.56. The Bertz CT molecular complexity index is 766. The number of aryl methyl sites for hydroxylation is 1. The van der Waals surface area contributed by atoms with Crippen LogP contribution in [0, 0.1) is 6.92 Å². The smallest absolute Gasteiger partial charge is 0.339 e. The van der Waals surface area contributed by atoms with Crippen molar-refractivity contribution >= 4 is 17.3 Å². The lowest BCUT2D eigenvalue weighted by Gasteiger charge is -2.08. The molecule has 0 saturated carbocycles. The Morgan fingerprint density at radius 2 is 2.19 bits per heavy atom. The van der Waals surface area contributed by atoms with E-state index >= 15 is 0 Å². The quantitative estimate of drug-likeness (QED) is 0.366. The first kappa shape index (κ1) is 14.8. The van der Waals surface area contributed by atoms with Gasteiger partial charge in [0.1, 0.15) is 24.2 Å². The van der Waals surface area contributed by atoms with Crippen LogP contribution in [-0.2, 0) is 4.79 Å². The van der Waals surface area contributed by atoms with Gasteiger partial charge in [-0.25, -0.2) is 4.79 Å². The van der Waals surface area contributed by atoms with Crippen LogP contribution in [0.5, 0.6) is 5.75 Å². The van der Waals surface area contributed by atoms with Crippen LogP contribution in [-0.4, -0.2) is 12.9 Å². The van der Waals surface area contributed by atoms with E-state index in [4.69, 9.17) is 9.15 Å². The van der Waals surface area contributed by atoms with E-state index in [2.05, 4.69) is 0 Å². The second kappa shape index (κ2) is 6.70. The van der Waals surface area contributed by atoms with E-state index < -0.39 is 5.63 Å². The van der Waals surface area contributed by atoms with Crippen molar-refractivity contribution in [3.63, 3.8) is 0 Å². The van der Waals surface area contributed by atoms with E-state index in [1.165, 1.54) is 12.1 Å². The number of carbonyl (C=O) groups is 1. The molecule has 4 nitrogen and oxygen atoms in total. The molecule has 0 amide bonds. The summed E-state index contributed by atoms with van der Waals surface area (Å²) < 4.78 is 10.8. The molecule has 0 unspecified atom stereocenters. The Morgan fingerprint density at radius 3 is 2.95 bits per heavy atom. The van der Waals surface area contributed by atoms with Gasteiger partial charge < -0.3 is 9.15 Å². The molecule has 0 atom stereocenters. The molecule has 0 aliphatic carbocycles. The topological polar surface area (TPSA) is 56.5 Å². The number of hydrogen-bond donors (Lipinski definition) is 0. The minimum absolute atomic E-state index is 0.307. The van der Waals surface area contributed by atoms with Crippen molar-refractivity contribution in [1.29, 1.82) is 0 Å². The molecule has 1 aromatic heterocycles. The van der Waals surface area contributed by atoms with Gasteiger partial charge in [0.2, 0.25) is 0 Å². The fourth-order valence-corrected chi connectivity index (χ4v) is 1.99. The van der Waals surface area contributed by atoms with Gasteiger partial charge in [0, 0.05) is 0 Å². The van der Waals surface area contributed by atoms with E-state index in [9.17, 15) is 9.59 Å². The monoisotopic (exact) mass is 284 g/mol. The number of benzene rings is 1. The minimum atomic E-state index is -0.440. The van der Waals surface area contributed by atoms with E-state index in [-0.39, 0.29) is 0 Å². The molecule has 4 heteroatoms. The van der Waals surface area contributed by atoms with Crippen molar-refractivity contribution < 1.29 is 13.9 Å². The molecule has 0 N–H and O–H groups in total. The SMILES string of the molecule is CC(C=CC=O)=CCOc1cc(=O)oc2cccc(C)c12. The van der Waals surface area contributed by atoms with Crippen LogP contribution in [0.1, 0.15) is 12.5 Å². The van der Waals surface area contributed by atoms with Gasteiger partial charge in [-0.15, -0.1) is 0 Å². The van der Waals surface area contributed by atoms with E-state index in [1.54, 1.807) is 12.1 Å². The lowest BCUT2D eigenvalue weighted by molar-refractivity contribution is -0.104. The van der Waals surface area contributed by atoms with E-state index in [1.807, 2.05) is 32.1 Å². The molecule has 108 valence electrons. The zero-order chi connectivity index (χ0) is 15.2. The summed E-state index contributed by atoms with van der Waals surface area (Å²) in [7, 11) is 0. The summed E-state index contributed by atoms with van der Waals surface area (Å²) in [6, 6.07) is 6.85. The number of carbonyl (C=O) groups excluding carboxylic acids is 1. The third kappa shape index (κ3) is 3.69. The van der Waals surface area contributed by atoms with Gasteiger partial charge in [0.15, 0.2) is 0 Å². The third-order valence-electron chi connectivity index (χ3n) is 3.02. The maximum atomic E-state index is 11.5. The highest BCUT2D eigenvalue weighted by molar-refractivity contribution is 5.86. The molecule has 0 aliphatic rings. The standard InChI is InChI=1S/C17H16O4/c1-12(5-4-9-18)8-10-20-15-11-16(19)21-14-7-3-6-13(2)17(14)15/h3-9,11H,10H2,1-2H3. The van der Waals surface area contributed by atoms with Gasteiger partial charge in [0.25, 0.3) is 0 Å². The van der Waals surface area contributed by atoms with Crippen molar-refractivity contribution in [3.05, 3.63) is 64.1 Å². The van der Waals surface area contributed by atoms with Crippen molar-refractivity contribution in [2.75, 3.05) is 6.61 Å². The zero-order valence-corrected chi connectivity index (χ0v) is 12.0. The number of fused-ring (bicyclic) bond motifs is 1. The lowest BCUT2D eigenvalue weighted by Crippen LogP contribution is -2.02. The first-order valence-corrected chi connectivity index (χ1v) is 6.56. The Balaban J connectivity index is 2.28. The molecule has 0 fully saturated rings. The van der Waals surface area contributed by atoms with Crippen LogP contribution >= 0.6 is 0 Å². The summed E-state index contributed by atoms with van der Waals surface area (Å²) in [4.78, 5) is 21.8. The molecule has 0 spiro atoms. The van der Waals surface area contributed by atoms with Crippen LogP contribution in [0.2, 0.25) is 0 Å². The minimum Gasteiger partial charge on any atom is -0.488 e. The van der Waals surface area contributed by atoms with E-state index in [0.29, 0.717) is 17.9 Å². The molecule has 1 heterocycles. The number of ether oxygens (including phenoxy) is 1. The fourth-order valence-electron chi connectivity index (χ4n) is 1.99. The molecule has 0 bridgehead atoms. The predicted octanol–water partition coefficient (Wildman–Crippen LogP) is 3.18. The summed E-state index contributed by atoms with van der Waals surface area (Å²) in [6.07, 6.45) is 5.66. The number of aldehydes is 1. The Labute approximate surface area is 122 Å². The van der Waals surface area contributed by atoms with Crippen LogP contribution in [0.4, 0.5) is 0 Å². The van der Waals surface area contributed by atoms with Gasteiger partial charge >= 0.3 is 5.63 Å². The van der Waals surface area contributed by atoms with Crippen LogP contribution in [0.25, 0.3) is 11.0 Å². The molecule has 21 heavy (non-hydrogen) atoms. The number of allylic oxidation sites excluding steroid dienone is 3. The molecular formula is C17H16O4. The summed E-state index contributed by atoms with van der Waals surface area (Å²) >= 11 is 0. The van der Waals surface area contributed by atoms with Crippen LogP contribution in [0.3, 0.4) is 0 Å². The maximum absolute atomic E-state index is 11.5. The predicted molar refractivity (Wildman–Crippen MR) is 81.7 cm³/mol. The van der Waals surface area contributed by atoms with Gasteiger partial charge in [-0.2, -0.15) is 0 Å². The molecule has 0 saturated heterocycles. The van der Waals surface area contributed by atoms with Crippen molar-refractivity contribution in [2.24, 2.45) is 0 Å². The van der Waals surface area contributed by atoms with Crippen LogP contribution < -0.4 is 10.4 Å². The maximum Gasteiger partial charge on any atom is 0.339 e. The summed E-state index contributed by atoms with van der Waals surface area (Å²) in [5.41, 5.74) is 1.96. The van der Waals surface area contributed by atoms with Crippen molar-refractivity contribution in [2.45, 2.75) is 13.8 Å². The molecule has 0 radical (unpaired) electrons. The molecule has 2 rings (SSSR count). The molecule has 0 aliphatic heterocycles. The summed E-state index contributed by atoms with van der Waals surface area (Å²) in [5, 5.41) is 0.798. The fraction of sp³-hybridized carbons (Fsp3) is 0.176. The number of rotatable bonds is 5. The molecule has 2 aromatic rings. The Hall–Kier alpha value is -2.62. The first-order chi connectivity index (χ1) is 10.1. The third-order valence-corrected chi connectivity index (χ3v) is 3.02. The average molecular weight is 284 g/mol. The molecule has 1 aromatic carbocycles. The van der Waals surface area contributed by atoms with Gasteiger partial charge in [-0.05, 0) is 37.6 Å². The van der Waals surface area contributed by atoms with Crippen molar-refractivity contribution in [1.82, 2.24) is 0 Å². The van der Waals surface area contributed by atoms with E-state index in [0.717, 1.165) is 22.8 Å². The second-order valence-electron chi connectivity index (χ2n) is 4.63. The zero-order valence-electron chi connectivity index (χ0n) is 12.0. The lowest BCUT2D eigenvalue weighted by atomic mass is 10.1. The highest BCUT2D eigenvalue weighted by atomic mass is 16.5. The number of hydrogen-bond acceptors (Lipinski definition) is 4. The normalized spacial score (nSPS) is 12.0.